The molecule has 1 unspecified atom stereocenters. The van der Waals surface area contributed by atoms with Crippen LogP contribution < -0.4 is 5.32 Å². The molecule has 1 amide bonds. The first-order valence-corrected chi connectivity index (χ1v) is 11.4. The van der Waals surface area contributed by atoms with Crippen LogP contribution in [0.3, 0.4) is 0 Å². The Hall–Kier alpha value is -3.05. The standard InChI is InChI=1S/C25H25N3OS/c1-18-12-14-20(15-13-18)25(19-8-4-3-5-9-19)27-24(29)16-28-22-11-7-6-10-21(22)26-23(28)17-30-2/h3-15,25H,16-17H2,1-2H3,(H,27,29). The summed E-state index contributed by atoms with van der Waals surface area (Å²) in [6.45, 7) is 2.31. The van der Waals surface area contributed by atoms with Gasteiger partial charge in [-0.05, 0) is 36.4 Å². The van der Waals surface area contributed by atoms with Gasteiger partial charge in [0.2, 0.25) is 5.91 Å². The minimum absolute atomic E-state index is 0.0325. The summed E-state index contributed by atoms with van der Waals surface area (Å²) in [5.41, 5.74) is 5.24. The smallest absolute Gasteiger partial charge is 0.240 e. The first-order chi connectivity index (χ1) is 14.7. The van der Waals surface area contributed by atoms with E-state index in [4.69, 9.17) is 4.98 Å². The Kier molecular flexibility index (Phi) is 6.19. The summed E-state index contributed by atoms with van der Waals surface area (Å²) in [6, 6.07) is 26.2. The summed E-state index contributed by atoms with van der Waals surface area (Å²) >= 11 is 1.71. The number of nitrogens with one attached hydrogen (secondary N) is 1. The summed E-state index contributed by atoms with van der Waals surface area (Å²) in [5, 5.41) is 3.25. The topological polar surface area (TPSA) is 46.9 Å². The molecule has 0 aliphatic carbocycles. The zero-order valence-corrected chi connectivity index (χ0v) is 18.0. The van der Waals surface area contributed by atoms with Gasteiger partial charge in [-0.3, -0.25) is 4.79 Å². The lowest BCUT2D eigenvalue weighted by molar-refractivity contribution is -0.122. The minimum Gasteiger partial charge on any atom is -0.344 e. The van der Waals surface area contributed by atoms with Gasteiger partial charge in [-0.1, -0.05) is 72.3 Å². The monoisotopic (exact) mass is 415 g/mol. The molecule has 3 aromatic carbocycles. The molecule has 4 nitrogen and oxygen atoms in total. The molecule has 4 rings (SSSR count). The number of hydrogen-bond donors (Lipinski definition) is 1. The molecule has 0 fully saturated rings. The van der Waals surface area contributed by atoms with Crippen LogP contribution in [0, 0.1) is 6.92 Å². The van der Waals surface area contributed by atoms with E-state index in [1.165, 1.54) is 5.56 Å². The predicted octanol–water partition coefficient (Wildman–Crippen LogP) is 5.11. The number of fused-ring (bicyclic) bond motifs is 1. The van der Waals surface area contributed by atoms with E-state index >= 15 is 0 Å². The molecule has 152 valence electrons. The van der Waals surface area contributed by atoms with Crippen LogP contribution in [-0.4, -0.2) is 21.7 Å². The van der Waals surface area contributed by atoms with E-state index in [0.29, 0.717) is 0 Å². The number of benzene rings is 3. The SMILES string of the molecule is CSCc1nc2ccccc2n1CC(=O)NC(c1ccccc1)c1ccc(C)cc1. The average molecular weight is 416 g/mol. The lowest BCUT2D eigenvalue weighted by Gasteiger charge is -2.21. The van der Waals surface area contributed by atoms with E-state index < -0.39 is 0 Å². The van der Waals surface area contributed by atoms with Gasteiger partial charge in [0, 0.05) is 0 Å². The average Bonchev–Trinajstić information content (AvgIpc) is 3.11. The normalized spacial score (nSPS) is 12.1. The lowest BCUT2D eigenvalue weighted by atomic mass is 9.98. The molecule has 0 spiro atoms. The molecule has 5 heteroatoms. The molecular weight excluding hydrogens is 390 g/mol. The van der Waals surface area contributed by atoms with Gasteiger partial charge in [0.1, 0.15) is 12.4 Å². The van der Waals surface area contributed by atoms with E-state index in [0.717, 1.165) is 33.7 Å². The van der Waals surface area contributed by atoms with E-state index in [-0.39, 0.29) is 18.5 Å². The summed E-state index contributed by atoms with van der Waals surface area (Å²) in [4.78, 5) is 17.9. The second-order valence-electron chi connectivity index (χ2n) is 7.36. The Bertz CT molecular complexity index is 1140. The molecule has 1 heterocycles. The molecule has 0 aliphatic rings. The van der Waals surface area contributed by atoms with Gasteiger partial charge in [-0.25, -0.2) is 4.98 Å². The number of aromatic nitrogens is 2. The molecule has 0 bridgehead atoms. The van der Waals surface area contributed by atoms with Crippen molar-refractivity contribution in [2.75, 3.05) is 6.26 Å². The van der Waals surface area contributed by atoms with Crippen molar-refractivity contribution < 1.29 is 4.79 Å². The van der Waals surface area contributed by atoms with Gasteiger partial charge in [-0.15, -0.1) is 0 Å². The van der Waals surface area contributed by atoms with Crippen LogP contribution in [0.4, 0.5) is 0 Å². The maximum absolute atomic E-state index is 13.2. The molecule has 0 saturated carbocycles. The van der Waals surface area contributed by atoms with Crippen molar-refractivity contribution >= 4 is 28.7 Å². The van der Waals surface area contributed by atoms with Gasteiger partial charge in [-0.2, -0.15) is 11.8 Å². The summed E-state index contributed by atoms with van der Waals surface area (Å²) in [7, 11) is 0. The quantitative estimate of drug-likeness (QED) is 0.456. The number of nitrogens with zero attached hydrogens (tertiary/aromatic N) is 2. The third-order valence-corrected chi connectivity index (χ3v) is 5.70. The summed E-state index contributed by atoms with van der Waals surface area (Å²) in [5.74, 6) is 1.66. The Morgan fingerprint density at radius 3 is 2.37 bits per heavy atom. The van der Waals surface area contributed by atoms with Crippen molar-refractivity contribution in [3.8, 4) is 0 Å². The third kappa shape index (κ3) is 4.41. The van der Waals surface area contributed by atoms with Crippen LogP contribution in [-0.2, 0) is 17.1 Å². The van der Waals surface area contributed by atoms with Gasteiger partial charge in [0.15, 0.2) is 0 Å². The van der Waals surface area contributed by atoms with E-state index in [1.54, 1.807) is 11.8 Å². The number of carbonyl (C=O) groups excluding carboxylic acids is 1. The van der Waals surface area contributed by atoms with Crippen LogP contribution in [0.1, 0.15) is 28.6 Å². The van der Waals surface area contributed by atoms with Crippen molar-refractivity contribution in [1.82, 2.24) is 14.9 Å². The molecule has 1 aromatic heterocycles. The fraction of sp³-hybridized carbons (Fsp3) is 0.200. The van der Waals surface area contributed by atoms with Crippen LogP contribution in [0.5, 0.6) is 0 Å². The van der Waals surface area contributed by atoms with Crippen molar-refractivity contribution in [3.63, 3.8) is 0 Å². The third-order valence-electron chi connectivity index (χ3n) is 5.16. The highest BCUT2D eigenvalue weighted by Crippen LogP contribution is 2.23. The van der Waals surface area contributed by atoms with Crippen LogP contribution in [0.25, 0.3) is 11.0 Å². The highest BCUT2D eigenvalue weighted by molar-refractivity contribution is 7.97. The van der Waals surface area contributed by atoms with Crippen molar-refractivity contribution in [2.24, 2.45) is 0 Å². The molecule has 0 aliphatic heterocycles. The predicted molar refractivity (Wildman–Crippen MR) is 125 cm³/mol. The first-order valence-electron chi connectivity index (χ1n) is 9.99. The maximum Gasteiger partial charge on any atom is 0.240 e. The van der Waals surface area contributed by atoms with Crippen molar-refractivity contribution in [1.29, 1.82) is 0 Å². The van der Waals surface area contributed by atoms with Crippen molar-refractivity contribution in [2.45, 2.75) is 25.3 Å². The van der Waals surface area contributed by atoms with Crippen molar-refractivity contribution in [3.05, 3.63) is 101 Å². The van der Waals surface area contributed by atoms with E-state index in [2.05, 4.69) is 48.6 Å². The molecular formula is C25H25N3OS. The second kappa shape index (κ2) is 9.18. The zero-order valence-electron chi connectivity index (χ0n) is 17.2. The number of imidazole rings is 1. The fourth-order valence-electron chi connectivity index (χ4n) is 3.65. The van der Waals surface area contributed by atoms with Crippen LogP contribution in [0.15, 0.2) is 78.9 Å². The molecule has 0 radical (unpaired) electrons. The second-order valence-corrected chi connectivity index (χ2v) is 8.22. The number of para-hydroxylation sites is 2. The van der Waals surface area contributed by atoms with Gasteiger partial charge < -0.3 is 9.88 Å². The molecule has 1 atom stereocenters. The minimum atomic E-state index is -0.196. The highest BCUT2D eigenvalue weighted by atomic mass is 32.2. The Labute approximate surface area is 181 Å². The van der Waals surface area contributed by atoms with E-state index in [9.17, 15) is 4.79 Å². The Morgan fingerprint density at radius 1 is 0.967 bits per heavy atom. The van der Waals surface area contributed by atoms with Gasteiger partial charge in [0.25, 0.3) is 0 Å². The zero-order chi connectivity index (χ0) is 20.9. The van der Waals surface area contributed by atoms with Crippen LogP contribution >= 0.6 is 11.8 Å². The summed E-state index contributed by atoms with van der Waals surface area (Å²) < 4.78 is 2.03. The van der Waals surface area contributed by atoms with Gasteiger partial charge >= 0.3 is 0 Å². The maximum atomic E-state index is 13.2. The Balaban J connectivity index is 1.63. The van der Waals surface area contributed by atoms with Gasteiger partial charge in [0.05, 0.1) is 22.8 Å². The molecule has 0 saturated heterocycles. The number of amides is 1. The lowest BCUT2D eigenvalue weighted by Crippen LogP contribution is -2.32. The highest BCUT2D eigenvalue weighted by Gasteiger charge is 2.19. The molecule has 4 aromatic rings. The van der Waals surface area contributed by atoms with E-state index in [1.807, 2.05) is 53.3 Å². The molecule has 1 N–H and O–H groups in total. The Morgan fingerprint density at radius 2 is 1.63 bits per heavy atom. The summed E-state index contributed by atoms with van der Waals surface area (Å²) in [6.07, 6.45) is 2.05. The number of hydrogen-bond acceptors (Lipinski definition) is 3. The largest absolute Gasteiger partial charge is 0.344 e. The molecule has 30 heavy (non-hydrogen) atoms. The first kappa shape index (κ1) is 20.2. The fourth-order valence-corrected chi connectivity index (χ4v) is 4.13. The van der Waals surface area contributed by atoms with Crippen LogP contribution in [0.2, 0.25) is 0 Å². The number of aryl methyl sites for hydroxylation is 1. The number of thioether (sulfide) groups is 1. The number of rotatable bonds is 7. The number of carbonyl (C=O) groups is 1.